The van der Waals surface area contributed by atoms with Gasteiger partial charge in [0, 0.05) is 30.7 Å². The SMILES string of the molecule is CS(=O)(=O)CCN(CCCCc1ccc2c(n1)CCCC2)CC[C@H](NC(=O)OCc1ccccc1)C(=O)O. The Bertz CT molecular complexity index is 1160. The number of carbonyl (C=O) groups excluding carboxylic acids is 1. The number of nitrogens with one attached hydrogen (secondary N) is 1. The fourth-order valence-electron chi connectivity index (χ4n) is 4.51. The van der Waals surface area contributed by atoms with E-state index in [0.717, 1.165) is 43.4 Å². The van der Waals surface area contributed by atoms with E-state index in [-0.39, 0.29) is 18.8 Å². The number of fused-ring (bicyclic) bond motifs is 1. The number of ether oxygens (including phenoxy) is 1. The summed E-state index contributed by atoms with van der Waals surface area (Å²) in [5, 5.41) is 12.0. The van der Waals surface area contributed by atoms with Crippen LogP contribution >= 0.6 is 0 Å². The number of carboxylic acid groups (broad SMARTS) is 1. The quantitative estimate of drug-likeness (QED) is 0.326. The fourth-order valence-corrected chi connectivity index (χ4v) is 5.10. The zero-order valence-corrected chi connectivity index (χ0v) is 22.9. The first-order chi connectivity index (χ1) is 18.2. The Labute approximate surface area is 225 Å². The van der Waals surface area contributed by atoms with Crippen LogP contribution in [0.5, 0.6) is 0 Å². The standard InChI is InChI=1S/C28H39N3O6S/c1-38(35,36)20-19-31(17-8-7-12-24-15-14-23-11-5-6-13-25(23)29-24)18-16-26(27(32)33)30-28(34)37-21-22-9-3-2-4-10-22/h2-4,9-10,14-15,26H,5-8,11-13,16-21H2,1H3,(H,30,34)(H,32,33)/t26-/m0/s1. The van der Waals surface area contributed by atoms with Gasteiger partial charge in [0.2, 0.25) is 0 Å². The second-order valence-electron chi connectivity index (χ2n) is 9.93. The summed E-state index contributed by atoms with van der Waals surface area (Å²) in [6, 6.07) is 12.3. The molecule has 1 aromatic heterocycles. The molecule has 3 rings (SSSR count). The Kier molecular flexibility index (Phi) is 11.5. The van der Waals surface area contributed by atoms with Crippen LogP contribution in [0.4, 0.5) is 4.79 Å². The molecule has 1 atom stereocenters. The van der Waals surface area contributed by atoms with Crippen molar-refractivity contribution in [2.75, 3.05) is 31.6 Å². The number of aliphatic carboxylic acids is 1. The molecule has 0 saturated carbocycles. The van der Waals surface area contributed by atoms with E-state index in [1.165, 1.54) is 30.4 Å². The predicted octanol–water partition coefficient (Wildman–Crippen LogP) is 3.40. The van der Waals surface area contributed by atoms with Crippen molar-refractivity contribution in [3.63, 3.8) is 0 Å². The Morgan fingerprint density at radius 1 is 1.05 bits per heavy atom. The molecule has 0 radical (unpaired) electrons. The number of aromatic nitrogens is 1. The van der Waals surface area contributed by atoms with E-state index in [1.54, 1.807) is 0 Å². The summed E-state index contributed by atoms with van der Waals surface area (Å²) >= 11 is 0. The molecule has 0 fully saturated rings. The average Bonchev–Trinajstić information content (AvgIpc) is 2.90. The molecule has 1 aliphatic carbocycles. The van der Waals surface area contributed by atoms with Crippen LogP contribution < -0.4 is 5.32 Å². The number of hydrogen-bond acceptors (Lipinski definition) is 7. The van der Waals surface area contributed by atoms with Crippen molar-refractivity contribution >= 4 is 21.9 Å². The Morgan fingerprint density at radius 2 is 1.82 bits per heavy atom. The van der Waals surface area contributed by atoms with E-state index in [2.05, 4.69) is 17.4 Å². The Hall–Kier alpha value is -2.98. The lowest BCUT2D eigenvalue weighted by Gasteiger charge is -2.24. The van der Waals surface area contributed by atoms with Gasteiger partial charge in [0.1, 0.15) is 22.5 Å². The highest BCUT2D eigenvalue weighted by Crippen LogP contribution is 2.20. The van der Waals surface area contributed by atoms with Gasteiger partial charge >= 0.3 is 12.1 Å². The number of sulfone groups is 1. The van der Waals surface area contributed by atoms with Crippen molar-refractivity contribution in [3.05, 3.63) is 65.0 Å². The highest BCUT2D eigenvalue weighted by molar-refractivity contribution is 7.90. The number of benzene rings is 1. The van der Waals surface area contributed by atoms with Gasteiger partial charge in [-0.1, -0.05) is 36.4 Å². The smallest absolute Gasteiger partial charge is 0.408 e. The van der Waals surface area contributed by atoms with Crippen molar-refractivity contribution < 1.29 is 27.9 Å². The van der Waals surface area contributed by atoms with Gasteiger partial charge in [0.15, 0.2) is 0 Å². The van der Waals surface area contributed by atoms with Crippen LogP contribution in [0.3, 0.4) is 0 Å². The summed E-state index contributed by atoms with van der Waals surface area (Å²) in [6.45, 7) is 1.31. The Morgan fingerprint density at radius 3 is 2.55 bits per heavy atom. The third-order valence-electron chi connectivity index (χ3n) is 6.71. The molecule has 9 nitrogen and oxygen atoms in total. The van der Waals surface area contributed by atoms with Crippen molar-refractivity contribution in [3.8, 4) is 0 Å². The monoisotopic (exact) mass is 545 g/mol. The minimum atomic E-state index is -3.17. The number of aryl methyl sites for hydroxylation is 3. The minimum Gasteiger partial charge on any atom is -0.480 e. The number of carbonyl (C=O) groups is 2. The van der Waals surface area contributed by atoms with Crippen LogP contribution in [0, 0.1) is 0 Å². The Balaban J connectivity index is 1.47. The van der Waals surface area contributed by atoms with Gasteiger partial charge in [-0.15, -0.1) is 0 Å². The second kappa shape index (κ2) is 14.8. The molecule has 0 spiro atoms. The number of hydrogen-bond donors (Lipinski definition) is 2. The summed E-state index contributed by atoms with van der Waals surface area (Å²) in [5.41, 5.74) is 4.46. The number of rotatable bonds is 15. The summed E-state index contributed by atoms with van der Waals surface area (Å²) in [5.74, 6) is -1.17. The van der Waals surface area contributed by atoms with E-state index in [9.17, 15) is 23.1 Å². The van der Waals surface area contributed by atoms with Crippen LogP contribution in [0.2, 0.25) is 0 Å². The molecule has 2 aromatic rings. The molecule has 208 valence electrons. The maximum Gasteiger partial charge on any atom is 0.408 e. The molecule has 2 N–H and O–H groups in total. The van der Waals surface area contributed by atoms with E-state index >= 15 is 0 Å². The van der Waals surface area contributed by atoms with Gasteiger partial charge in [-0.3, -0.25) is 4.98 Å². The van der Waals surface area contributed by atoms with Gasteiger partial charge in [0.25, 0.3) is 0 Å². The lowest BCUT2D eigenvalue weighted by atomic mass is 9.95. The number of carboxylic acids is 1. The summed E-state index contributed by atoms with van der Waals surface area (Å²) < 4.78 is 28.6. The first-order valence-corrected chi connectivity index (χ1v) is 15.3. The van der Waals surface area contributed by atoms with Crippen LogP contribution in [-0.2, 0) is 45.2 Å². The minimum absolute atomic E-state index is 0.0103. The molecule has 0 saturated heterocycles. The van der Waals surface area contributed by atoms with Crippen molar-refractivity contribution in [2.24, 2.45) is 0 Å². The lowest BCUT2D eigenvalue weighted by Crippen LogP contribution is -2.44. The van der Waals surface area contributed by atoms with Gasteiger partial charge in [-0.25, -0.2) is 18.0 Å². The lowest BCUT2D eigenvalue weighted by molar-refractivity contribution is -0.139. The number of nitrogens with zero attached hydrogens (tertiary/aromatic N) is 2. The van der Waals surface area contributed by atoms with Gasteiger partial charge in [0.05, 0.1) is 5.75 Å². The average molecular weight is 546 g/mol. The van der Waals surface area contributed by atoms with Crippen LogP contribution in [0.1, 0.15) is 54.6 Å². The van der Waals surface area contributed by atoms with Crippen LogP contribution in [0.15, 0.2) is 42.5 Å². The van der Waals surface area contributed by atoms with Gasteiger partial charge in [-0.05, 0) is 75.1 Å². The number of amides is 1. The normalized spacial score (nSPS) is 14.1. The molecular formula is C28H39N3O6S. The largest absolute Gasteiger partial charge is 0.480 e. The van der Waals surface area contributed by atoms with Crippen molar-refractivity contribution in [1.82, 2.24) is 15.2 Å². The predicted molar refractivity (Wildman–Crippen MR) is 146 cm³/mol. The second-order valence-corrected chi connectivity index (χ2v) is 12.2. The van der Waals surface area contributed by atoms with Crippen molar-refractivity contribution in [1.29, 1.82) is 0 Å². The molecule has 1 aromatic carbocycles. The summed E-state index contributed by atoms with van der Waals surface area (Å²) in [4.78, 5) is 30.7. The van der Waals surface area contributed by atoms with E-state index in [4.69, 9.17) is 9.72 Å². The first-order valence-electron chi connectivity index (χ1n) is 13.3. The first kappa shape index (κ1) is 29.6. The molecule has 0 unspecified atom stereocenters. The molecule has 38 heavy (non-hydrogen) atoms. The summed E-state index contributed by atoms with van der Waals surface area (Å²) in [6.07, 6.45) is 7.65. The van der Waals surface area contributed by atoms with Crippen LogP contribution in [0.25, 0.3) is 0 Å². The fraction of sp³-hybridized carbons (Fsp3) is 0.536. The highest BCUT2D eigenvalue weighted by atomic mass is 32.2. The van der Waals surface area contributed by atoms with E-state index in [1.807, 2.05) is 35.2 Å². The molecule has 10 heteroatoms. The molecule has 1 aliphatic rings. The molecule has 0 bridgehead atoms. The van der Waals surface area contributed by atoms with Gasteiger partial charge in [-0.2, -0.15) is 0 Å². The number of pyridine rings is 1. The van der Waals surface area contributed by atoms with Crippen molar-refractivity contribution in [2.45, 2.75) is 64.0 Å². The highest BCUT2D eigenvalue weighted by Gasteiger charge is 2.22. The van der Waals surface area contributed by atoms with Gasteiger partial charge < -0.3 is 20.1 Å². The third kappa shape index (κ3) is 10.8. The maximum atomic E-state index is 12.2. The molecular weight excluding hydrogens is 506 g/mol. The van der Waals surface area contributed by atoms with E-state index in [0.29, 0.717) is 19.6 Å². The number of alkyl carbamates (subject to hydrolysis) is 1. The molecule has 1 heterocycles. The molecule has 1 amide bonds. The topological polar surface area (TPSA) is 126 Å². The number of unbranched alkanes of at least 4 members (excludes halogenated alkanes) is 1. The zero-order valence-electron chi connectivity index (χ0n) is 22.1. The maximum absolute atomic E-state index is 12.2. The molecule has 0 aliphatic heterocycles. The third-order valence-corrected chi connectivity index (χ3v) is 7.63. The zero-order chi connectivity index (χ0) is 27.4. The van der Waals surface area contributed by atoms with Crippen LogP contribution in [-0.4, -0.2) is 73.2 Å². The summed E-state index contributed by atoms with van der Waals surface area (Å²) in [7, 11) is -3.17. The van der Waals surface area contributed by atoms with E-state index < -0.39 is 27.9 Å².